The van der Waals surface area contributed by atoms with Crippen molar-refractivity contribution in [3.8, 4) is 12.3 Å². The second-order valence-electron chi connectivity index (χ2n) is 4.63. The molecule has 0 radical (unpaired) electrons. The number of rotatable bonds is 6. The lowest BCUT2D eigenvalue weighted by molar-refractivity contribution is -0.170. The summed E-state index contributed by atoms with van der Waals surface area (Å²) in [4.78, 5) is 23.5. The highest BCUT2D eigenvalue weighted by molar-refractivity contribution is 5.98. The fourth-order valence-corrected chi connectivity index (χ4v) is 1.69. The summed E-state index contributed by atoms with van der Waals surface area (Å²) in [7, 11) is 0. The van der Waals surface area contributed by atoms with E-state index >= 15 is 0 Å². The van der Waals surface area contributed by atoms with Crippen molar-refractivity contribution in [2.24, 2.45) is 0 Å². The normalized spacial score (nSPS) is 10.7. The van der Waals surface area contributed by atoms with Gasteiger partial charge >= 0.3 is 18.1 Å². The van der Waals surface area contributed by atoms with Crippen LogP contribution in [-0.4, -0.2) is 31.2 Å². The molecule has 23 heavy (non-hydrogen) atoms. The minimum Gasteiger partial charge on any atom is -0.462 e. The van der Waals surface area contributed by atoms with Crippen LogP contribution in [0.25, 0.3) is 0 Å². The molecule has 0 aromatic heterocycles. The maximum absolute atomic E-state index is 12.6. The standard InChI is InChI=1S/C16H16F3NO3/c1-3-5-11-23-14(21)12-6-8-13(9-7-12)20(10-4-2)15(22)16(17,18)19/h2,6-9H,3,5,10-11H2,1H3. The van der Waals surface area contributed by atoms with Crippen molar-refractivity contribution in [1.82, 2.24) is 0 Å². The Morgan fingerprint density at radius 2 is 1.87 bits per heavy atom. The summed E-state index contributed by atoms with van der Waals surface area (Å²) in [6, 6.07) is 5.02. The zero-order valence-corrected chi connectivity index (χ0v) is 12.5. The Balaban J connectivity index is 2.90. The summed E-state index contributed by atoms with van der Waals surface area (Å²) >= 11 is 0. The van der Waals surface area contributed by atoms with E-state index in [-0.39, 0.29) is 17.9 Å². The van der Waals surface area contributed by atoms with Crippen LogP contribution in [0.2, 0.25) is 0 Å². The van der Waals surface area contributed by atoms with Crippen LogP contribution in [0.5, 0.6) is 0 Å². The Morgan fingerprint density at radius 1 is 1.26 bits per heavy atom. The molecule has 0 saturated heterocycles. The van der Waals surface area contributed by atoms with E-state index in [1.54, 1.807) is 0 Å². The van der Waals surface area contributed by atoms with Gasteiger partial charge in [-0.05, 0) is 30.7 Å². The average molecular weight is 327 g/mol. The van der Waals surface area contributed by atoms with E-state index in [9.17, 15) is 22.8 Å². The van der Waals surface area contributed by atoms with E-state index in [4.69, 9.17) is 11.2 Å². The first-order valence-electron chi connectivity index (χ1n) is 6.90. The molecule has 0 aliphatic rings. The number of halogens is 3. The van der Waals surface area contributed by atoms with Gasteiger partial charge in [0.25, 0.3) is 0 Å². The summed E-state index contributed by atoms with van der Waals surface area (Å²) in [5, 5.41) is 0. The van der Waals surface area contributed by atoms with Crippen molar-refractivity contribution >= 4 is 17.6 Å². The van der Waals surface area contributed by atoms with E-state index in [0.29, 0.717) is 4.90 Å². The van der Waals surface area contributed by atoms with Crippen molar-refractivity contribution in [3.63, 3.8) is 0 Å². The topological polar surface area (TPSA) is 46.6 Å². The third kappa shape index (κ3) is 5.33. The second-order valence-corrected chi connectivity index (χ2v) is 4.63. The summed E-state index contributed by atoms with van der Waals surface area (Å²) < 4.78 is 42.7. The fourth-order valence-electron chi connectivity index (χ4n) is 1.69. The summed E-state index contributed by atoms with van der Waals surface area (Å²) in [5.41, 5.74) is 0.139. The lowest BCUT2D eigenvalue weighted by Gasteiger charge is -2.21. The number of esters is 1. The first kappa shape index (κ1) is 18.6. The van der Waals surface area contributed by atoms with Gasteiger partial charge in [0.1, 0.15) is 0 Å². The van der Waals surface area contributed by atoms with Gasteiger partial charge in [-0.1, -0.05) is 19.3 Å². The molecular formula is C16H16F3NO3. The lowest BCUT2D eigenvalue weighted by Crippen LogP contribution is -2.41. The van der Waals surface area contributed by atoms with Gasteiger partial charge in [-0.25, -0.2) is 4.79 Å². The van der Waals surface area contributed by atoms with Gasteiger partial charge in [-0.3, -0.25) is 9.69 Å². The van der Waals surface area contributed by atoms with Crippen LogP contribution in [0.4, 0.5) is 18.9 Å². The van der Waals surface area contributed by atoms with Crippen molar-refractivity contribution < 1.29 is 27.5 Å². The summed E-state index contributed by atoms with van der Waals surface area (Å²) in [6.07, 6.45) is 1.57. The number of carbonyl (C=O) groups is 2. The molecule has 0 atom stereocenters. The number of carbonyl (C=O) groups excluding carboxylic acids is 2. The summed E-state index contributed by atoms with van der Waals surface area (Å²) in [5.74, 6) is -0.630. The second kappa shape index (κ2) is 8.22. The zero-order valence-electron chi connectivity index (χ0n) is 12.5. The number of unbranched alkanes of at least 4 members (excludes halogenated alkanes) is 1. The third-order valence-corrected chi connectivity index (χ3v) is 2.88. The Morgan fingerprint density at radius 3 is 2.35 bits per heavy atom. The van der Waals surface area contributed by atoms with Crippen LogP contribution in [0.15, 0.2) is 24.3 Å². The van der Waals surface area contributed by atoms with Crippen LogP contribution in [0.3, 0.4) is 0 Å². The fraction of sp³-hybridized carbons (Fsp3) is 0.375. The molecule has 0 aliphatic heterocycles. The van der Waals surface area contributed by atoms with E-state index < -0.39 is 24.6 Å². The van der Waals surface area contributed by atoms with Gasteiger partial charge in [0, 0.05) is 5.69 Å². The number of hydrogen-bond donors (Lipinski definition) is 0. The lowest BCUT2D eigenvalue weighted by atomic mass is 10.2. The molecule has 1 amide bonds. The molecule has 0 fully saturated rings. The minimum absolute atomic E-state index is 0.0459. The first-order valence-corrected chi connectivity index (χ1v) is 6.90. The molecular weight excluding hydrogens is 311 g/mol. The monoisotopic (exact) mass is 327 g/mol. The van der Waals surface area contributed by atoms with Crippen LogP contribution in [0, 0.1) is 12.3 Å². The Hall–Kier alpha value is -2.49. The number of alkyl halides is 3. The average Bonchev–Trinajstić information content (AvgIpc) is 2.51. The molecule has 1 rings (SSSR count). The maximum atomic E-state index is 12.6. The molecule has 0 N–H and O–H groups in total. The Kier molecular flexibility index (Phi) is 6.64. The molecule has 0 aliphatic carbocycles. The van der Waals surface area contributed by atoms with Crippen LogP contribution >= 0.6 is 0 Å². The van der Waals surface area contributed by atoms with Crippen LogP contribution in [0.1, 0.15) is 30.1 Å². The molecule has 1 aromatic rings. The van der Waals surface area contributed by atoms with E-state index in [0.717, 1.165) is 12.8 Å². The van der Waals surface area contributed by atoms with Gasteiger partial charge in [0.05, 0.1) is 18.7 Å². The minimum atomic E-state index is -5.03. The van der Waals surface area contributed by atoms with Crippen molar-refractivity contribution in [2.45, 2.75) is 25.9 Å². The van der Waals surface area contributed by atoms with E-state index in [2.05, 4.69) is 0 Å². The van der Waals surface area contributed by atoms with E-state index in [1.807, 2.05) is 12.8 Å². The SMILES string of the molecule is C#CCN(C(=O)C(F)(F)F)c1ccc(C(=O)OCCCC)cc1. The molecule has 4 nitrogen and oxygen atoms in total. The van der Waals surface area contributed by atoms with Gasteiger partial charge in [0.15, 0.2) is 0 Å². The number of anilines is 1. The van der Waals surface area contributed by atoms with Gasteiger partial charge in [-0.15, -0.1) is 6.42 Å². The van der Waals surface area contributed by atoms with Gasteiger partial charge in [0.2, 0.25) is 0 Å². The third-order valence-electron chi connectivity index (χ3n) is 2.88. The highest BCUT2D eigenvalue weighted by Gasteiger charge is 2.42. The quantitative estimate of drug-likeness (QED) is 0.458. The molecule has 1 aromatic carbocycles. The van der Waals surface area contributed by atoms with Crippen molar-refractivity contribution in [2.75, 3.05) is 18.1 Å². The largest absolute Gasteiger partial charge is 0.471 e. The van der Waals surface area contributed by atoms with Crippen molar-refractivity contribution in [1.29, 1.82) is 0 Å². The number of hydrogen-bond acceptors (Lipinski definition) is 3. The highest BCUT2D eigenvalue weighted by atomic mass is 19.4. The number of amides is 1. The first-order chi connectivity index (χ1) is 10.8. The molecule has 7 heteroatoms. The number of terminal acetylenes is 1. The van der Waals surface area contributed by atoms with Gasteiger partial charge < -0.3 is 4.74 Å². The predicted octanol–water partition coefficient (Wildman–Crippen LogP) is 3.17. The number of benzene rings is 1. The molecule has 0 heterocycles. The van der Waals surface area contributed by atoms with Crippen molar-refractivity contribution in [3.05, 3.63) is 29.8 Å². The molecule has 0 unspecified atom stereocenters. The molecule has 0 spiro atoms. The highest BCUT2D eigenvalue weighted by Crippen LogP contribution is 2.24. The maximum Gasteiger partial charge on any atom is 0.471 e. The Labute approximate surface area is 132 Å². The predicted molar refractivity (Wildman–Crippen MR) is 78.9 cm³/mol. The van der Waals surface area contributed by atoms with E-state index in [1.165, 1.54) is 24.3 Å². The zero-order chi connectivity index (χ0) is 17.5. The molecule has 124 valence electrons. The summed E-state index contributed by atoms with van der Waals surface area (Å²) in [6.45, 7) is 1.69. The number of ether oxygens (including phenoxy) is 1. The molecule has 0 bridgehead atoms. The molecule has 0 saturated carbocycles. The number of nitrogens with zero attached hydrogens (tertiary/aromatic N) is 1. The smallest absolute Gasteiger partial charge is 0.462 e. The van der Waals surface area contributed by atoms with Gasteiger partial charge in [-0.2, -0.15) is 13.2 Å². The van der Waals surface area contributed by atoms with Crippen LogP contribution < -0.4 is 4.90 Å². The Bertz CT molecular complexity index is 588. The van der Waals surface area contributed by atoms with Crippen LogP contribution in [-0.2, 0) is 9.53 Å².